The van der Waals surface area contributed by atoms with Crippen molar-refractivity contribution in [1.82, 2.24) is 29.7 Å². The van der Waals surface area contributed by atoms with Crippen LogP contribution in [0.4, 0.5) is 0 Å². The van der Waals surface area contributed by atoms with Crippen LogP contribution in [0.25, 0.3) is 16.7 Å². The molecule has 40 heavy (non-hydrogen) atoms. The number of hydrogen-bond donors (Lipinski definition) is 2. The molecule has 1 saturated carbocycles. The quantitative estimate of drug-likeness (QED) is 0.336. The smallest absolute Gasteiger partial charge is 0.333 e. The van der Waals surface area contributed by atoms with Crippen LogP contribution >= 0.6 is 11.6 Å². The Hall–Kier alpha value is -3.69. The molecule has 1 aliphatic carbocycles. The molecule has 3 aromatic heterocycles. The van der Waals surface area contributed by atoms with Gasteiger partial charge in [0.1, 0.15) is 0 Å². The predicted molar refractivity (Wildman–Crippen MR) is 154 cm³/mol. The van der Waals surface area contributed by atoms with Crippen LogP contribution in [-0.4, -0.2) is 50.7 Å². The summed E-state index contributed by atoms with van der Waals surface area (Å²) < 4.78 is 9.43. The lowest BCUT2D eigenvalue weighted by atomic mass is 9.85. The number of para-hydroxylation sites is 2. The van der Waals surface area contributed by atoms with Gasteiger partial charge in [-0.1, -0.05) is 23.7 Å². The number of benzene rings is 1. The molecule has 1 aliphatic heterocycles. The van der Waals surface area contributed by atoms with E-state index in [1.54, 1.807) is 23.0 Å². The number of nitrogens with one attached hydrogen (secondary N) is 2. The molecule has 0 radical (unpaired) electrons. The molecule has 10 heteroatoms. The number of imidazole rings is 1. The summed E-state index contributed by atoms with van der Waals surface area (Å²) in [6.45, 7) is 5.03. The van der Waals surface area contributed by atoms with Crippen molar-refractivity contribution in [1.29, 1.82) is 0 Å². The van der Waals surface area contributed by atoms with Crippen LogP contribution in [-0.2, 0) is 6.54 Å². The second-order valence-electron chi connectivity index (χ2n) is 10.9. The van der Waals surface area contributed by atoms with E-state index in [1.807, 2.05) is 47.9 Å². The molecule has 0 bridgehead atoms. The highest BCUT2D eigenvalue weighted by atomic mass is 35.5. The van der Waals surface area contributed by atoms with Crippen molar-refractivity contribution < 1.29 is 9.53 Å². The Morgan fingerprint density at radius 1 is 1.05 bits per heavy atom. The SMILES string of the molecule is Cc1ncc(Cl)cc1C(=O)NC1CCC(Cn2c(=O)n(-c3ccc(OCC4CNC4)nc3)c3ccccc32)CC1. The first-order valence-electron chi connectivity index (χ1n) is 13.9. The highest BCUT2D eigenvalue weighted by molar-refractivity contribution is 6.30. The Labute approximate surface area is 237 Å². The summed E-state index contributed by atoms with van der Waals surface area (Å²) >= 11 is 6.05. The lowest BCUT2D eigenvalue weighted by Crippen LogP contribution is -2.45. The number of ether oxygens (including phenoxy) is 1. The zero-order valence-corrected chi connectivity index (χ0v) is 23.2. The number of fused-ring (bicyclic) bond motifs is 1. The largest absolute Gasteiger partial charge is 0.477 e. The van der Waals surface area contributed by atoms with Crippen LogP contribution in [0.3, 0.4) is 0 Å². The van der Waals surface area contributed by atoms with Crippen LogP contribution in [0, 0.1) is 18.8 Å². The van der Waals surface area contributed by atoms with Gasteiger partial charge in [0.25, 0.3) is 5.91 Å². The molecule has 0 spiro atoms. The Morgan fingerprint density at radius 3 is 2.52 bits per heavy atom. The fourth-order valence-electron chi connectivity index (χ4n) is 5.64. The highest BCUT2D eigenvalue weighted by Crippen LogP contribution is 2.28. The lowest BCUT2D eigenvalue weighted by molar-refractivity contribution is 0.0919. The summed E-state index contributed by atoms with van der Waals surface area (Å²) in [5.41, 5.74) is 3.58. The average molecular weight is 561 g/mol. The number of carbonyl (C=O) groups excluding carboxylic acids is 1. The number of halogens is 1. The molecular weight excluding hydrogens is 528 g/mol. The number of pyridine rings is 2. The molecule has 6 rings (SSSR count). The van der Waals surface area contributed by atoms with Crippen molar-refractivity contribution in [3.05, 3.63) is 81.6 Å². The second-order valence-corrected chi connectivity index (χ2v) is 11.3. The molecule has 9 nitrogen and oxygen atoms in total. The van der Waals surface area contributed by atoms with Crippen molar-refractivity contribution in [2.75, 3.05) is 19.7 Å². The van der Waals surface area contributed by atoms with Gasteiger partial charge in [0.05, 0.1) is 45.8 Å². The van der Waals surface area contributed by atoms with Crippen LogP contribution in [0.1, 0.15) is 41.7 Å². The summed E-state index contributed by atoms with van der Waals surface area (Å²) in [5.74, 6) is 1.30. The van der Waals surface area contributed by atoms with Gasteiger partial charge in [-0.15, -0.1) is 0 Å². The third-order valence-electron chi connectivity index (χ3n) is 8.07. The number of hydrogen-bond acceptors (Lipinski definition) is 6. The van der Waals surface area contributed by atoms with Crippen LogP contribution in [0.5, 0.6) is 5.88 Å². The van der Waals surface area contributed by atoms with E-state index < -0.39 is 0 Å². The van der Waals surface area contributed by atoms with Crippen molar-refractivity contribution in [3.63, 3.8) is 0 Å². The molecular formula is C30H33ClN6O3. The maximum absolute atomic E-state index is 13.7. The molecule has 4 heterocycles. The highest BCUT2D eigenvalue weighted by Gasteiger charge is 2.26. The topological polar surface area (TPSA) is 103 Å². The number of aryl methyl sites for hydroxylation is 1. The average Bonchev–Trinajstić information content (AvgIpc) is 3.21. The van der Waals surface area contributed by atoms with Gasteiger partial charge in [-0.3, -0.25) is 18.9 Å². The third-order valence-corrected chi connectivity index (χ3v) is 8.28. The van der Waals surface area contributed by atoms with Gasteiger partial charge in [0.15, 0.2) is 0 Å². The summed E-state index contributed by atoms with van der Waals surface area (Å²) in [6.07, 6.45) is 6.82. The van der Waals surface area contributed by atoms with Gasteiger partial charge >= 0.3 is 5.69 Å². The minimum Gasteiger partial charge on any atom is -0.477 e. The monoisotopic (exact) mass is 560 g/mol. The Balaban J connectivity index is 1.13. The first-order chi connectivity index (χ1) is 19.5. The zero-order valence-electron chi connectivity index (χ0n) is 22.5. The third kappa shape index (κ3) is 5.48. The molecule has 1 amide bonds. The Morgan fingerprint density at radius 2 is 1.82 bits per heavy atom. The van der Waals surface area contributed by atoms with E-state index in [-0.39, 0.29) is 17.6 Å². The van der Waals surface area contributed by atoms with E-state index in [1.165, 1.54) is 0 Å². The van der Waals surface area contributed by atoms with Crippen molar-refractivity contribution in [2.24, 2.45) is 11.8 Å². The Kier molecular flexibility index (Phi) is 7.58. The molecule has 1 aromatic carbocycles. The number of rotatable bonds is 8. The summed E-state index contributed by atoms with van der Waals surface area (Å²) in [4.78, 5) is 35.2. The van der Waals surface area contributed by atoms with Crippen molar-refractivity contribution in [3.8, 4) is 11.6 Å². The van der Waals surface area contributed by atoms with Gasteiger partial charge in [-0.2, -0.15) is 0 Å². The van der Waals surface area contributed by atoms with E-state index in [0.29, 0.717) is 47.1 Å². The van der Waals surface area contributed by atoms with Gasteiger partial charge in [-0.05, 0) is 62.8 Å². The second kappa shape index (κ2) is 11.4. The van der Waals surface area contributed by atoms with Gasteiger partial charge in [0.2, 0.25) is 5.88 Å². The molecule has 2 N–H and O–H groups in total. The summed E-state index contributed by atoms with van der Waals surface area (Å²) in [6, 6.07) is 13.4. The van der Waals surface area contributed by atoms with Gasteiger partial charge in [0, 0.05) is 43.9 Å². The lowest BCUT2D eigenvalue weighted by Gasteiger charge is -2.29. The summed E-state index contributed by atoms with van der Waals surface area (Å²) in [7, 11) is 0. The van der Waals surface area contributed by atoms with E-state index >= 15 is 0 Å². The van der Waals surface area contributed by atoms with E-state index in [0.717, 1.165) is 55.5 Å². The predicted octanol–water partition coefficient (Wildman–Crippen LogP) is 4.13. The van der Waals surface area contributed by atoms with Gasteiger partial charge in [-0.25, -0.2) is 9.78 Å². The fraction of sp³-hybridized carbons (Fsp3) is 0.400. The molecule has 2 aliphatic rings. The molecule has 2 fully saturated rings. The first-order valence-corrected chi connectivity index (χ1v) is 14.3. The van der Waals surface area contributed by atoms with Gasteiger partial charge < -0.3 is 15.4 Å². The van der Waals surface area contributed by atoms with Crippen molar-refractivity contribution in [2.45, 2.75) is 45.2 Å². The molecule has 208 valence electrons. The Bertz CT molecular complexity index is 1570. The van der Waals surface area contributed by atoms with Crippen molar-refractivity contribution >= 4 is 28.5 Å². The molecule has 0 unspecified atom stereocenters. The number of aromatic nitrogens is 4. The summed E-state index contributed by atoms with van der Waals surface area (Å²) in [5, 5.41) is 6.84. The fourth-order valence-corrected chi connectivity index (χ4v) is 5.80. The van der Waals surface area contributed by atoms with Crippen LogP contribution in [0.15, 0.2) is 59.7 Å². The minimum atomic E-state index is -0.139. The maximum atomic E-state index is 13.7. The molecule has 1 saturated heterocycles. The minimum absolute atomic E-state index is 0.0726. The first kappa shape index (κ1) is 26.5. The zero-order chi connectivity index (χ0) is 27.6. The maximum Gasteiger partial charge on any atom is 0.333 e. The molecule has 0 atom stereocenters. The van der Waals surface area contributed by atoms with E-state index in [2.05, 4.69) is 20.6 Å². The normalized spacial score (nSPS) is 19.4. The van der Waals surface area contributed by atoms with Crippen LogP contribution in [0.2, 0.25) is 5.02 Å². The molecule has 4 aromatic rings. The standard InChI is InChI=1S/C30H33ClN6O3/c1-19-25(12-22(31)15-33-19)29(38)35-23-8-6-20(7-9-23)17-36-26-4-2-3-5-27(26)37(30(36)39)24-10-11-28(34-16-24)40-18-21-13-32-14-21/h2-5,10-12,15-16,20-21,23,32H,6-9,13-14,17-18H2,1H3,(H,35,38). The van der Waals surface area contributed by atoms with Crippen LogP contribution < -0.4 is 21.1 Å². The number of nitrogens with zero attached hydrogens (tertiary/aromatic N) is 4. The number of carbonyl (C=O) groups is 1. The van der Waals surface area contributed by atoms with E-state index in [4.69, 9.17) is 16.3 Å². The number of amides is 1. The van der Waals surface area contributed by atoms with E-state index in [9.17, 15) is 9.59 Å².